The molecule has 0 rings (SSSR count). The fraction of sp³-hybridized carbons (Fsp3) is 0.778. The molecule has 0 spiro atoms. The zero-order chi connectivity index (χ0) is 46.3. The van der Waals surface area contributed by atoms with Crippen molar-refractivity contribution in [2.24, 2.45) is 0 Å². The first-order valence-electron chi connectivity index (χ1n) is 19.8. The first-order chi connectivity index (χ1) is 28.6. The maximum absolute atomic E-state index is 12.7. The van der Waals surface area contributed by atoms with Gasteiger partial charge < -0.3 is 55.5 Å². The zero-order valence-electron chi connectivity index (χ0n) is 35.6. The average molecular weight is 921 g/mol. The van der Waals surface area contributed by atoms with Gasteiger partial charge in [-0.25, -0.2) is 9.13 Å². The molecule has 61 heavy (non-hydrogen) atoms. The molecule has 0 aromatic carbocycles. The molecule has 4 amide bonds. The van der Waals surface area contributed by atoms with E-state index in [1.165, 1.54) is 6.92 Å². The maximum Gasteiger partial charge on any atom is 0.472 e. The van der Waals surface area contributed by atoms with Gasteiger partial charge in [-0.15, -0.1) is 0 Å². The van der Waals surface area contributed by atoms with Crippen LogP contribution in [0.3, 0.4) is 0 Å². The van der Waals surface area contributed by atoms with Gasteiger partial charge in [-0.1, -0.05) is 12.2 Å². The average Bonchev–Trinajstić information content (AvgIpc) is 3.14. The van der Waals surface area contributed by atoms with Crippen LogP contribution >= 0.6 is 15.6 Å². The summed E-state index contributed by atoms with van der Waals surface area (Å²) in [7, 11) is -9.42. The Morgan fingerprint density at radius 3 is 1.57 bits per heavy atom. The summed E-state index contributed by atoms with van der Waals surface area (Å²) >= 11 is 0. The minimum Gasteiger partial charge on any atom is -0.462 e. The number of carbonyl (C=O) groups is 6. The molecule has 23 nitrogen and oxygen atoms in total. The summed E-state index contributed by atoms with van der Waals surface area (Å²) in [5, 5.41) is 28.5. The van der Waals surface area contributed by atoms with Gasteiger partial charge in [0.2, 0.25) is 23.6 Å². The number of phosphoric acid groups is 2. The summed E-state index contributed by atoms with van der Waals surface area (Å²) in [4.78, 5) is 92.4. The fourth-order valence-corrected chi connectivity index (χ4v) is 6.08. The number of amides is 4. The molecule has 0 aromatic heterocycles. The van der Waals surface area contributed by atoms with Crippen molar-refractivity contribution in [2.75, 3.05) is 65.9 Å². The number of rotatable bonds is 37. The van der Waals surface area contributed by atoms with Crippen LogP contribution in [0, 0.1) is 0 Å². The number of carbonyl (C=O) groups excluding carboxylic acids is 6. The number of phosphoric ester groups is 2. The third-order valence-corrected chi connectivity index (χ3v) is 9.46. The van der Waals surface area contributed by atoms with E-state index in [2.05, 4.69) is 21.3 Å². The van der Waals surface area contributed by atoms with Crippen molar-refractivity contribution in [2.45, 2.75) is 116 Å². The second-order valence-corrected chi connectivity index (χ2v) is 16.8. The van der Waals surface area contributed by atoms with Crippen LogP contribution in [0.5, 0.6) is 0 Å². The highest BCUT2D eigenvalue weighted by molar-refractivity contribution is 7.47. The van der Waals surface area contributed by atoms with Crippen molar-refractivity contribution in [3.05, 3.63) is 12.2 Å². The van der Waals surface area contributed by atoms with Crippen LogP contribution in [0.15, 0.2) is 12.2 Å². The van der Waals surface area contributed by atoms with Crippen LogP contribution < -0.4 is 21.3 Å². The van der Waals surface area contributed by atoms with Crippen LogP contribution in [-0.4, -0.2) is 152 Å². The molecule has 25 heteroatoms. The Labute approximate surface area is 356 Å². The third-order valence-electron chi connectivity index (χ3n) is 7.49. The normalized spacial score (nSPS) is 16.0. The van der Waals surface area contributed by atoms with E-state index in [1.807, 2.05) is 19.1 Å². The molecule has 0 fully saturated rings. The summed E-state index contributed by atoms with van der Waals surface area (Å²) in [6.45, 7) is 4.90. The highest BCUT2D eigenvalue weighted by Crippen LogP contribution is 2.43. The monoisotopic (exact) mass is 920 g/mol. The molecule has 0 aliphatic carbocycles. The Kier molecular flexibility index (Phi) is 31.6. The molecule has 0 aromatic rings. The number of hydrogen-bond donors (Lipinski definition) is 8. The quantitative estimate of drug-likeness (QED) is 0.0138. The largest absolute Gasteiger partial charge is 0.472 e. The number of aliphatic hydroxyl groups excluding tert-OH is 2. The molecule has 0 heterocycles. The molecule has 0 aliphatic heterocycles. The highest BCUT2D eigenvalue weighted by Gasteiger charge is 2.27. The molecule has 0 radical (unpaired) electrons. The number of nitrogens with one attached hydrogen (secondary N) is 4. The summed E-state index contributed by atoms with van der Waals surface area (Å²) < 4.78 is 60.5. The lowest BCUT2D eigenvalue weighted by Crippen LogP contribution is -2.42. The van der Waals surface area contributed by atoms with Gasteiger partial charge in [0.1, 0.15) is 18.3 Å². The molecule has 0 bridgehead atoms. The molecular formula is C36H66N4O19P2. The summed E-state index contributed by atoms with van der Waals surface area (Å²) in [5.41, 5.74) is 0. The van der Waals surface area contributed by atoms with E-state index in [1.54, 1.807) is 20.8 Å². The first-order valence-corrected chi connectivity index (χ1v) is 22.8. The lowest BCUT2D eigenvalue weighted by Gasteiger charge is -2.22. The summed E-state index contributed by atoms with van der Waals surface area (Å²) in [5.74, 6) is -3.68. The number of ether oxygens (including phenoxy) is 3. The van der Waals surface area contributed by atoms with Crippen molar-refractivity contribution < 1.29 is 90.2 Å². The van der Waals surface area contributed by atoms with E-state index < -0.39 is 121 Å². The molecule has 0 saturated carbocycles. The van der Waals surface area contributed by atoms with Gasteiger partial charge in [0.25, 0.3) is 0 Å². The third kappa shape index (κ3) is 36.1. The Hall–Kier alpha value is -3.18. The van der Waals surface area contributed by atoms with Crippen LogP contribution in [0.2, 0.25) is 0 Å². The van der Waals surface area contributed by atoms with Crippen molar-refractivity contribution in [1.29, 1.82) is 0 Å². The topological polar surface area (TPSA) is 330 Å². The van der Waals surface area contributed by atoms with Gasteiger partial charge >= 0.3 is 21.6 Å². The Morgan fingerprint density at radius 1 is 0.656 bits per heavy atom. The van der Waals surface area contributed by atoms with Crippen LogP contribution in [0.1, 0.15) is 86.0 Å². The standard InChI is InChI=1S/C36H66N4O19P2/c1-6-7-8-9-10-36(48)59-29(5)20-35(47)40-31(23-54-16-12-27(3)42)25-58-61(51,52)56-18-14-38-33(45)21-32(44)37-13-17-55-60(49,50)57-24-30(22-53-15-11-26(2)41)39-34(46)19-28(4)43/h6-7,26-27,29-31,41-42H,8-25H2,1-5H3,(H,37,44)(H,38,45)(H,39,46)(H,40,47)(H,49,50)(H,51,52)/b7-6-/t26-,27-,29-,30?,31?/m1/s1. The van der Waals surface area contributed by atoms with Crippen molar-refractivity contribution in [1.82, 2.24) is 21.3 Å². The molecule has 354 valence electrons. The van der Waals surface area contributed by atoms with Crippen LogP contribution in [0.4, 0.5) is 0 Å². The Bertz CT molecular complexity index is 1450. The molecular weight excluding hydrogens is 854 g/mol. The SMILES string of the molecule is C/C=C\CCCC(=O)O[C@H](C)CC(=O)NC(COCC[C@@H](C)O)COP(=O)(O)OCCNC(=O)CC(=O)NCCOP(=O)(O)OCC(COCC[C@@H](C)O)NC(=O)CC(C)=O. The predicted molar refractivity (Wildman–Crippen MR) is 216 cm³/mol. The van der Waals surface area contributed by atoms with E-state index in [-0.39, 0.29) is 58.8 Å². The van der Waals surface area contributed by atoms with Gasteiger partial charge in [0.05, 0.1) is 76.8 Å². The Balaban J connectivity index is 4.70. The summed E-state index contributed by atoms with van der Waals surface area (Å²) in [6.07, 6.45) is 2.49. The smallest absolute Gasteiger partial charge is 0.462 e. The molecule has 8 N–H and O–H groups in total. The van der Waals surface area contributed by atoms with E-state index in [9.17, 15) is 57.9 Å². The van der Waals surface area contributed by atoms with Crippen molar-refractivity contribution in [3.8, 4) is 0 Å². The van der Waals surface area contributed by atoms with Crippen LogP contribution in [0.25, 0.3) is 0 Å². The molecule has 4 unspecified atom stereocenters. The number of ketones is 1. The van der Waals surface area contributed by atoms with Crippen LogP contribution in [-0.2, 0) is 70.2 Å². The van der Waals surface area contributed by atoms with Gasteiger partial charge in [-0.2, -0.15) is 0 Å². The fourth-order valence-electron chi connectivity index (χ4n) is 4.55. The lowest BCUT2D eigenvalue weighted by atomic mass is 10.2. The lowest BCUT2D eigenvalue weighted by molar-refractivity contribution is -0.149. The Morgan fingerprint density at radius 2 is 1.13 bits per heavy atom. The second kappa shape index (κ2) is 33.4. The number of aliphatic hydroxyl groups is 2. The van der Waals surface area contributed by atoms with E-state index in [0.29, 0.717) is 19.3 Å². The molecule has 0 saturated heterocycles. The van der Waals surface area contributed by atoms with Gasteiger partial charge in [-0.3, -0.25) is 46.9 Å². The van der Waals surface area contributed by atoms with Crippen molar-refractivity contribution >= 4 is 51.0 Å². The number of esters is 1. The predicted octanol–water partition coefficient (Wildman–Crippen LogP) is 0.468. The molecule has 7 atom stereocenters. The second-order valence-electron chi connectivity index (χ2n) is 13.9. The maximum atomic E-state index is 12.7. The van der Waals surface area contributed by atoms with Gasteiger partial charge in [-0.05, 0) is 60.3 Å². The van der Waals surface area contributed by atoms with E-state index >= 15 is 0 Å². The van der Waals surface area contributed by atoms with Crippen molar-refractivity contribution in [3.63, 3.8) is 0 Å². The number of unbranched alkanes of at least 4 members (excludes halogenated alkanes) is 1. The zero-order valence-corrected chi connectivity index (χ0v) is 37.4. The minimum absolute atomic E-state index is 0.114. The minimum atomic E-state index is -4.72. The number of Topliss-reactive ketones (excluding diaryl/α,β-unsaturated/α-hetero) is 1. The first kappa shape index (κ1) is 57.8. The number of hydrogen-bond acceptors (Lipinski definition) is 17. The van der Waals surface area contributed by atoms with E-state index in [4.69, 9.17) is 32.3 Å². The highest BCUT2D eigenvalue weighted by atomic mass is 31.2. The van der Waals surface area contributed by atoms with Gasteiger partial charge in [0, 0.05) is 32.7 Å². The molecule has 0 aliphatic rings. The van der Waals surface area contributed by atoms with E-state index in [0.717, 1.165) is 0 Å². The number of allylic oxidation sites excluding steroid dienone is 2. The van der Waals surface area contributed by atoms with Gasteiger partial charge in [0.15, 0.2) is 0 Å². The summed E-state index contributed by atoms with van der Waals surface area (Å²) in [6, 6.07) is -1.89.